The first-order valence-electron chi connectivity index (χ1n) is 6.25. The van der Waals surface area contributed by atoms with Crippen LogP contribution in [-0.4, -0.2) is 26.4 Å². The molecule has 3 nitrogen and oxygen atoms in total. The average molecular weight is 235 g/mol. The van der Waals surface area contributed by atoms with Crippen LogP contribution < -0.4 is 5.73 Å². The van der Waals surface area contributed by atoms with Crippen LogP contribution in [0.3, 0.4) is 0 Å². The summed E-state index contributed by atoms with van der Waals surface area (Å²) in [6.45, 7) is 5.05. The lowest BCUT2D eigenvalue weighted by Crippen LogP contribution is -2.20. The molecule has 0 spiro atoms. The highest BCUT2D eigenvalue weighted by Gasteiger charge is 2.18. The minimum atomic E-state index is 0.00972. The largest absolute Gasteiger partial charge is 0.381 e. The zero-order chi connectivity index (χ0) is 12.1. The molecule has 94 valence electrons. The minimum absolute atomic E-state index is 0.00972. The Bertz CT molecular complexity index is 348. The first kappa shape index (κ1) is 12.6. The molecule has 1 aliphatic heterocycles. The van der Waals surface area contributed by atoms with Gasteiger partial charge in [0.2, 0.25) is 0 Å². The van der Waals surface area contributed by atoms with Crippen LogP contribution in [-0.2, 0) is 9.47 Å². The quantitative estimate of drug-likeness (QED) is 0.849. The number of nitrogens with two attached hydrogens (primary N) is 1. The highest BCUT2D eigenvalue weighted by molar-refractivity contribution is 5.24. The van der Waals surface area contributed by atoms with Crippen molar-refractivity contribution in [3.8, 4) is 0 Å². The summed E-state index contributed by atoms with van der Waals surface area (Å²) < 4.78 is 11.2. The first-order valence-corrected chi connectivity index (χ1v) is 6.25. The van der Waals surface area contributed by atoms with E-state index in [1.54, 1.807) is 0 Å². The molecule has 1 heterocycles. The van der Waals surface area contributed by atoms with E-state index in [-0.39, 0.29) is 6.10 Å². The Morgan fingerprint density at radius 1 is 1.53 bits per heavy atom. The van der Waals surface area contributed by atoms with E-state index < -0.39 is 0 Å². The van der Waals surface area contributed by atoms with E-state index in [4.69, 9.17) is 15.2 Å². The molecule has 17 heavy (non-hydrogen) atoms. The van der Waals surface area contributed by atoms with Gasteiger partial charge in [-0.3, -0.25) is 0 Å². The molecule has 0 amide bonds. The molecule has 1 aromatic carbocycles. The number of ether oxygens (including phenoxy) is 2. The number of benzene rings is 1. The number of rotatable bonds is 5. The van der Waals surface area contributed by atoms with Crippen molar-refractivity contribution in [2.45, 2.75) is 19.4 Å². The van der Waals surface area contributed by atoms with Crippen molar-refractivity contribution in [1.82, 2.24) is 0 Å². The summed E-state index contributed by atoms with van der Waals surface area (Å²) in [4.78, 5) is 0. The predicted octanol–water partition coefficient (Wildman–Crippen LogP) is 2.05. The molecule has 1 saturated heterocycles. The minimum Gasteiger partial charge on any atom is -0.381 e. The van der Waals surface area contributed by atoms with Crippen LogP contribution in [0, 0.1) is 12.8 Å². The molecule has 2 N–H and O–H groups in total. The van der Waals surface area contributed by atoms with Crippen LogP contribution in [0.5, 0.6) is 0 Å². The van der Waals surface area contributed by atoms with Crippen molar-refractivity contribution in [2.75, 3.05) is 26.4 Å². The molecule has 0 radical (unpaired) electrons. The molecule has 3 heteroatoms. The maximum Gasteiger partial charge on any atom is 0.0947 e. The molecular formula is C14H21NO2. The SMILES string of the molecule is Cc1cccc(C(CN)OCC2CCOC2)c1. The van der Waals surface area contributed by atoms with E-state index in [0.29, 0.717) is 12.5 Å². The maximum absolute atomic E-state index is 5.91. The lowest BCUT2D eigenvalue weighted by atomic mass is 10.1. The number of hydrogen-bond donors (Lipinski definition) is 1. The van der Waals surface area contributed by atoms with Gasteiger partial charge < -0.3 is 15.2 Å². The van der Waals surface area contributed by atoms with E-state index >= 15 is 0 Å². The molecule has 0 saturated carbocycles. The van der Waals surface area contributed by atoms with Crippen molar-refractivity contribution < 1.29 is 9.47 Å². The van der Waals surface area contributed by atoms with Crippen LogP contribution in [0.1, 0.15) is 23.7 Å². The van der Waals surface area contributed by atoms with Gasteiger partial charge in [0.1, 0.15) is 0 Å². The van der Waals surface area contributed by atoms with Gasteiger partial charge >= 0.3 is 0 Å². The van der Waals surface area contributed by atoms with Gasteiger partial charge in [-0.25, -0.2) is 0 Å². The van der Waals surface area contributed by atoms with E-state index in [0.717, 1.165) is 26.2 Å². The van der Waals surface area contributed by atoms with E-state index in [2.05, 4.69) is 31.2 Å². The summed E-state index contributed by atoms with van der Waals surface area (Å²) in [5.41, 5.74) is 8.20. The third kappa shape index (κ3) is 3.53. The Balaban J connectivity index is 1.91. The monoisotopic (exact) mass is 235 g/mol. The molecule has 2 unspecified atom stereocenters. The molecule has 1 aliphatic rings. The van der Waals surface area contributed by atoms with Crippen molar-refractivity contribution in [2.24, 2.45) is 11.7 Å². The summed E-state index contributed by atoms with van der Waals surface area (Å²) in [7, 11) is 0. The molecule has 2 rings (SSSR count). The summed E-state index contributed by atoms with van der Waals surface area (Å²) in [5.74, 6) is 0.536. The topological polar surface area (TPSA) is 44.5 Å². The van der Waals surface area contributed by atoms with Crippen molar-refractivity contribution in [3.05, 3.63) is 35.4 Å². The third-order valence-electron chi connectivity index (χ3n) is 3.19. The second-order valence-electron chi connectivity index (χ2n) is 4.70. The summed E-state index contributed by atoms with van der Waals surface area (Å²) >= 11 is 0. The van der Waals surface area contributed by atoms with Crippen LogP contribution >= 0.6 is 0 Å². The molecule has 2 atom stereocenters. The average Bonchev–Trinajstić information content (AvgIpc) is 2.83. The van der Waals surface area contributed by atoms with Gasteiger partial charge in [-0.1, -0.05) is 29.8 Å². The molecule has 0 bridgehead atoms. The van der Waals surface area contributed by atoms with Crippen LogP contribution in [0.15, 0.2) is 24.3 Å². The highest BCUT2D eigenvalue weighted by atomic mass is 16.5. The molecule has 0 aromatic heterocycles. The Labute approximate surface area is 103 Å². The molecule has 0 aliphatic carbocycles. The fourth-order valence-corrected chi connectivity index (χ4v) is 2.14. The standard InChI is InChI=1S/C14H21NO2/c1-11-3-2-4-13(7-11)14(8-15)17-10-12-5-6-16-9-12/h2-4,7,12,14H,5-6,8-10,15H2,1H3. The fraction of sp³-hybridized carbons (Fsp3) is 0.571. The van der Waals surface area contributed by atoms with E-state index in [9.17, 15) is 0 Å². The summed E-state index contributed by atoms with van der Waals surface area (Å²) in [6, 6.07) is 8.36. The lowest BCUT2D eigenvalue weighted by molar-refractivity contribution is 0.0302. The van der Waals surface area contributed by atoms with Crippen molar-refractivity contribution in [1.29, 1.82) is 0 Å². The van der Waals surface area contributed by atoms with Gasteiger partial charge in [-0.2, -0.15) is 0 Å². The smallest absolute Gasteiger partial charge is 0.0947 e. The number of aryl methyl sites for hydroxylation is 1. The maximum atomic E-state index is 5.91. The fourth-order valence-electron chi connectivity index (χ4n) is 2.14. The first-order chi connectivity index (χ1) is 8.29. The normalized spacial score (nSPS) is 21.6. The van der Waals surface area contributed by atoms with Gasteiger partial charge in [0, 0.05) is 19.1 Å². The Hall–Kier alpha value is -0.900. The lowest BCUT2D eigenvalue weighted by Gasteiger charge is -2.19. The van der Waals surface area contributed by atoms with Gasteiger partial charge in [0.25, 0.3) is 0 Å². The Morgan fingerprint density at radius 3 is 3.06 bits per heavy atom. The van der Waals surface area contributed by atoms with Gasteiger partial charge in [-0.15, -0.1) is 0 Å². The highest BCUT2D eigenvalue weighted by Crippen LogP contribution is 2.20. The Morgan fingerprint density at radius 2 is 2.41 bits per heavy atom. The van der Waals surface area contributed by atoms with Crippen LogP contribution in [0.4, 0.5) is 0 Å². The Kier molecular flexibility index (Phi) is 4.54. The van der Waals surface area contributed by atoms with Gasteiger partial charge in [0.05, 0.1) is 19.3 Å². The van der Waals surface area contributed by atoms with Crippen molar-refractivity contribution in [3.63, 3.8) is 0 Å². The van der Waals surface area contributed by atoms with E-state index in [1.807, 2.05) is 0 Å². The van der Waals surface area contributed by atoms with Gasteiger partial charge in [0.15, 0.2) is 0 Å². The summed E-state index contributed by atoms with van der Waals surface area (Å²) in [5, 5.41) is 0. The number of hydrogen-bond acceptors (Lipinski definition) is 3. The predicted molar refractivity (Wildman–Crippen MR) is 67.9 cm³/mol. The summed E-state index contributed by atoms with van der Waals surface area (Å²) in [6.07, 6.45) is 1.11. The second kappa shape index (κ2) is 6.15. The second-order valence-corrected chi connectivity index (χ2v) is 4.70. The van der Waals surface area contributed by atoms with Crippen molar-refractivity contribution >= 4 is 0 Å². The molecule has 1 aromatic rings. The zero-order valence-electron chi connectivity index (χ0n) is 10.4. The molecule has 1 fully saturated rings. The van der Waals surface area contributed by atoms with Crippen LogP contribution in [0.2, 0.25) is 0 Å². The molecular weight excluding hydrogens is 214 g/mol. The zero-order valence-corrected chi connectivity index (χ0v) is 10.4. The van der Waals surface area contributed by atoms with Gasteiger partial charge in [-0.05, 0) is 18.9 Å². The third-order valence-corrected chi connectivity index (χ3v) is 3.19. The van der Waals surface area contributed by atoms with E-state index in [1.165, 1.54) is 11.1 Å². The van der Waals surface area contributed by atoms with Crippen LogP contribution in [0.25, 0.3) is 0 Å².